The van der Waals surface area contributed by atoms with Crippen molar-refractivity contribution in [2.24, 2.45) is 0 Å². The van der Waals surface area contributed by atoms with Crippen LogP contribution in [0, 0.1) is 0 Å². The van der Waals surface area contributed by atoms with Crippen molar-refractivity contribution in [1.82, 2.24) is 4.90 Å². The second-order valence-electron chi connectivity index (χ2n) is 3.94. The lowest BCUT2D eigenvalue weighted by atomic mass is 9.92. The van der Waals surface area contributed by atoms with Gasteiger partial charge in [-0.15, -0.1) is 0 Å². The highest BCUT2D eigenvalue weighted by Crippen LogP contribution is 2.20. The molecular weight excluding hydrogens is 154 g/mol. The van der Waals surface area contributed by atoms with Gasteiger partial charge in [0.15, 0.2) is 0 Å². The Morgan fingerprint density at radius 1 is 1.58 bits per heavy atom. The summed E-state index contributed by atoms with van der Waals surface area (Å²) in [5.41, 5.74) is -0.909. The van der Waals surface area contributed by atoms with E-state index in [9.17, 15) is 10.2 Å². The molecule has 1 heterocycles. The van der Waals surface area contributed by atoms with Crippen LogP contribution in [-0.2, 0) is 0 Å². The number of nitrogens with zero attached hydrogens (tertiary/aromatic N) is 1. The van der Waals surface area contributed by atoms with Gasteiger partial charge in [-0.3, -0.25) is 0 Å². The first kappa shape index (κ1) is 9.96. The predicted molar refractivity (Wildman–Crippen MR) is 48.0 cm³/mol. The fourth-order valence-electron chi connectivity index (χ4n) is 1.76. The third-order valence-corrected chi connectivity index (χ3v) is 2.52. The Balaban J connectivity index is 2.45. The molecular formula is C9H19NO2. The zero-order valence-electron chi connectivity index (χ0n) is 7.95. The Bertz CT molecular complexity index is 147. The molecule has 0 spiro atoms. The minimum absolute atomic E-state index is 0.550. The molecule has 1 aliphatic heterocycles. The zero-order chi connectivity index (χ0) is 9.19. The molecule has 3 heteroatoms. The van der Waals surface area contributed by atoms with Crippen molar-refractivity contribution in [3.05, 3.63) is 0 Å². The number of hydrogen-bond donors (Lipinski definition) is 2. The van der Waals surface area contributed by atoms with E-state index in [0.29, 0.717) is 13.0 Å². The number of piperidine rings is 1. The van der Waals surface area contributed by atoms with E-state index in [2.05, 4.69) is 11.8 Å². The van der Waals surface area contributed by atoms with Crippen molar-refractivity contribution < 1.29 is 10.2 Å². The molecule has 0 amide bonds. The Labute approximate surface area is 74.0 Å². The van der Waals surface area contributed by atoms with Crippen LogP contribution in [0.1, 0.15) is 26.7 Å². The number of rotatable bonds is 2. The first-order valence-electron chi connectivity index (χ1n) is 4.69. The Kier molecular flexibility index (Phi) is 3.09. The lowest BCUT2D eigenvalue weighted by Gasteiger charge is -2.40. The van der Waals surface area contributed by atoms with Crippen LogP contribution in [0.3, 0.4) is 0 Å². The number of likely N-dealkylation sites (tertiary alicyclic amines) is 1. The molecule has 12 heavy (non-hydrogen) atoms. The molecule has 0 aromatic carbocycles. The molecule has 0 radical (unpaired) electrons. The topological polar surface area (TPSA) is 43.7 Å². The maximum absolute atomic E-state index is 9.75. The summed E-state index contributed by atoms with van der Waals surface area (Å²) in [6.07, 6.45) is 1.24. The maximum atomic E-state index is 9.75. The summed E-state index contributed by atoms with van der Waals surface area (Å²) in [5, 5.41) is 19.2. The number of β-amino-alcohol motifs (C(OH)–C–C–N with tert-alkyl or cyclic N) is 1. The lowest BCUT2D eigenvalue weighted by molar-refractivity contribution is -0.109. The Hall–Kier alpha value is -0.120. The summed E-state index contributed by atoms with van der Waals surface area (Å²) in [5.74, 6) is 0. The van der Waals surface area contributed by atoms with Crippen molar-refractivity contribution in [3.63, 3.8) is 0 Å². The standard InChI is InChI=1S/C9H19NO2/c1-3-5-10-6-4-8(11)9(2,12)7-10/h8,11-12H,3-7H2,1-2H3. The van der Waals surface area contributed by atoms with Crippen LogP contribution in [0.2, 0.25) is 0 Å². The molecule has 0 aromatic heterocycles. The average molecular weight is 173 g/mol. The van der Waals surface area contributed by atoms with Gasteiger partial charge < -0.3 is 15.1 Å². The van der Waals surface area contributed by atoms with Gasteiger partial charge in [-0.05, 0) is 26.3 Å². The molecule has 0 saturated carbocycles. The maximum Gasteiger partial charge on any atom is 0.100 e. The van der Waals surface area contributed by atoms with Gasteiger partial charge in [0.2, 0.25) is 0 Å². The first-order chi connectivity index (χ1) is 5.56. The highest BCUT2D eigenvalue weighted by Gasteiger charge is 2.36. The second-order valence-corrected chi connectivity index (χ2v) is 3.94. The van der Waals surface area contributed by atoms with Crippen LogP contribution in [0.15, 0.2) is 0 Å². The van der Waals surface area contributed by atoms with Gasteiger partial charge >= 0.3 is 0 Å². The van der Waals surface area contributed by atoms with E-state index in [1.165, 1.54) is 0 Å². The molecule has 0 bridgehead atoms. The second kappa shape index (κ2) is 3.73. The summed E-state index contributed by atoms with van der Waals surface area (Å²) in [7, 11) is 0. The summed E-state index contributed by atoms with van der Waals surface area (Å²) >= 11 is 0. The SMILES string of the molecule is CCCN1CCC(O)C(C)(O)C1. The van der Waals surface area contributed by atoms with E-state index >= 15 is 0 Å². The van der Waals surface area contributed by atoms with Gasteiger partial charge in [0.1, 0.15) is 5.60 Å². The minimum atomic E-state index is -0.909. The molecule has 72 valence electrons. The highest BCUT2D eigenvalue weighted by atomic mass is 16.3. The van der Waals surface area contributed by atoms with Gasteiger partial charge in [0, 0.05) is 13.1 Å². The molecule has 2 unspecified atom stereocenters. The average Bonchev–Trinajstić information content (AvgIpc) is 1.97. The van der Waals surface area contributed by atoms with Gasteiger partial charge in [0.25, 0.3) is 0 Å². The van der Waals surface area contributed by atoms with Gasteiger partial charge in [-0.2, -0.15) is 0 Å². The molecule has 1 aliphatic rings. The van der Waals surface area contributed by atoms with Crippen molar-refractivity contribution in [1.29, 1.82) is 0 Å². The van der Waals surface area contributed by atoms with E-state index in [4.69, 9.17) is 0 Å². The van der Waals surface area contributed by atoms with Crippen molar-refractivity contribution >= 4 is 0 Å². The van der Waals surface area contributed by atoms with Gasteiger partial charge in [0.05, 0.1) is 6.10 Å². The quantitative estimate of drug-likeness (QED) is 0.627. The first-order valence-corrected chi connectivity index (χ1v) is 4.69. The summed E-state index contributed by atoms with van der Waals surface area (Å²) in [6.45, 7) is 6.36. The minimum Gasteiger partial charge on any atom is -0.390 e. The van der Waals surface area contributed by atoms with Crippen LogP contribution < -0.4 is 0 Å². The van der Waals surface area contributed by atoms with Gasteiger partial charge in [-0.25, -0.2) is 0 Å². The molecule has 1 saturated heterocycles. The molecule has 0 aromatic rings. The van der Waals surface area contributed by atoms with E-state index in [1.54, 1.807) is 6.92 Å². The fraction of sp³-hybridized carbons (Fsp3) is 1.00. The van der Waals surface area contributed by atoms with E-state index in [-0.39, 0.29) is 0 Å². The molecule has 0 aliphatic carbocycles. The van der Waals surface area contributed by atoms with Crippen LogP contribution in [0.5, 0.6) is 0 Å². The number of aliphatic hydroxyl groups excluding tert-OH is 1. The Morgan fingerprint density at radius 2 is 2.25 bits per heavy atom. The summed E-state index contributed by atoms with van der Waals surface area (Å²) in [4.78, 5) is 2.20. The summed E-state index contributed by atoms with van der Waals surface area (Å²) < 4.78 is 0. The van der Waals surface area contributed by atoms with E-state index in [1.807, 2.05) is 0 Å². The van der Waals surface area contributed by atoms with E-state index < -0.39 is 11.7 Å². The normalized spacial score (nSPS) is 38.5. The molecule has 3 nitrogen and oxygen atoms in total. The van der Waals surface area contributed by atoms with Crippen molar-refractivity contribution in [2.45, 2.75) is 38.4 Å². The van der Waals surface area contributed by atoms with Gasteiger partial charge in [-0.1, -0.05) is 6.92 Å². The number of hydrogen-bond acceptors (Lipinski definition) is 3. The largest absolute Gasteiger partial charge is 0.390 e. The van der Waals surface area contributed by atoms with E-state index in [0.717, 1.165) is 19.5 Å². The predicted octanol–water partition coefficient (Wildman–Crippen LogP) is 0.214. The van der Waals surface area contributed by atoms with Crippen molar-refractivity contribution in [2.75, 3.05) is 19.6 Å². The third-order valence-electron chi connectivity index (χ3n) is 2.52. The van der Waals surface area contributed by atoms with Crippen LogP contribution >= 0.6 is 0 Å². The zero-order valence-corrected chi connectivity index (χ0v) is 7.95. The molecule has 2 atom stereocenters. The van der Waals surface area contributed by atoms with Crippen molar-refractivity contribution in [3.8, 4) is 0 Å². The third kappa shape index (κ3) is 2.19. The van der Waals surface area contributed by atoms with Crippen LogP contribution in [0.25, 0.3) is 0 Å². The summed E-state index contributed by atoms with van der Waals surface area (Å²) in [6, 6.07) is 0. The number of aliphatic hydroxyl groups is 2. The Morgan fingerprint density at radius 3 is 2.75 bits per heavy atom. The van der Waals surface area contributed by atoms with Crippen LogP contribution in [0.4, 0.5) is 0 Å². The molecule has 1 rings (SSSR count). The smallest absolute Gasteiger partial charge is 0.100 e. The molecule has 1 fully saturated rings. The lowest BCUT2D eigenvalue weighted by Crippen LogP contribution is -2.55. The van der Waals surface area contributed by atoms with Crippen LogP contribution in [-0.4, -0.2) is 46.5 Å². The fourth-order valence-corrected chi connectivity index (χ4v) is 1.76. The monoisotopic (exact) mass is 173 g/mol. The highest BCUT2D eigenvalue weighted by molar-refractivity contribution is 4.90. The molecule has 2 N–H and O–H groups in total.